The van der Waals surface area contributed by atoms with Gasteiger partial charge in [0, 0.05) is 12.6 Å². The lowest BCUT2D eigenvalue weighted by Crippen LogP contribution is -2.17. The molecule has 1 nitrogen and oxygen atoms in total. The maximum absolute atomic E-state index is 13.3. The smallest absolute Gasteiger partial charge is 0.255 e. The zero-order chi connectivity index (χ0) is 9.90. The van der Waals surface area contributed by atoms with Crippen LogP contribution in [0.15, 0.2) is 24.4 Å². The Bertz CT molecular complexity index is 257. The van der Waals surface area contributed by atoms with Crippen molar-refractivity contribution in [2.45, 2.75) is 26.2 Å². The Morgan fingerprint density at radius 1 is 1.38 bits per heavy atom. The highest BCUT2D eigenvalue weighted by Gasteiger charge is 2.33. The van der Waals surface area contributed by atoms with Crippen molar-refractivity contribution in [1.82, 2.24) is 4.98 Å². The molecule has 1 rings (SSSR count). The van der Waals surface area contributed by atoms with Gasteiger partial charge in [0.2, 0.25) is 0 Å². The van der Waals surface area contributed by atoms with E-state index in [0.717, 1.165) is 0 Å². The van der Waals surface area contributed by atoms with E-state index in [-0.39, 0.29) is 18.0 Å². The Hall–Kier alpha value is -0.990. The molecule has 1 aromatic heterocycles. The quantitative estimate of drug-likeness (QED) is 0.704. The summed E-state index contributed by atoms with van der Waals surface area (Å²) in [6.45, 7) is 3.55. The molecule has 0 spiro atoms. The minimum atomic E-state index is -2.80. The zero-order valence-corrected chi connectivity index (χ0v) is 7.80. The molecule has 0 atom stereocenters. The van der Waals surface area contributed by atoms with Gasteiger partial charge in [-0.2, -0.15) is 8.78 Å². The summed E-state index contributed by atoms with van der Waals surface area (Å²) in [6.07, 6.45) is 1.24. The van der Waals surface area contributed by atoms with Gasteiger partial charge in [-0.05, 0) is 18.1 Å². The fraction of sp³-hybridized carbons (Fsp3) is 0.500. The average molecular weight is 185 g/mol. The van der Waals surface area contributed by atoms with Crippen LogP contribution in [0.5, 0.6) is 0 Å². The third-order valence-electron chi connectivity index (χ3n) is 1.70. The standard InChI is InChI=1S/C10H13F2N/c1-8(2)7-10(11,12)9-5-3-4-6-13-9/h3-6,8H,7H2,1-2H3. The number of hydrogen-bond donors (Lipinski definition) is 0. The van der Waals surface area contributed by atoms with Crippen molar-refractivity contribution in [2.24, 2.45) is 5.92 Å². The second-order valence-corrected chi connectivity index (χ2v) is 3.52. The molecular formula is C10H13F2N. The summed E-state index contributed by atoms with van der Waals surface area (Å²) in [5.41, 5.74) is -0.135. The van der Waals surface area contributed by atoms with Gasteiger partial charge < -0.3 is 0 Å². The second kappa shape index (κ2) is 3.81. The van der Waals surface area contributed by atoms with Gasteiger partial charge in [-0.25, -0.2) is 0 Å². The van der Waals surface area contributed by atoms with Gasteiger partial charge in [0.15, 0.2) is 0 Å². The Kier molecular flexibility index (Phi) is 2.96. The number of rotatable bonds is 3. The molecule has 72 valence electrons. The van der Waals surface area contributed by atoms with Crippen LogP contribution in [0.25, 0.3) is 0 Å². The molecule has 0 aliphatic heterocycles. The minimum Gasteiger partial charge on any atom is -0.255 e. The highest BCUT2D eigenvalue weighted by molar-refractivity contribution is 5.09. The molecule has 0 amide bonds. The number of aromatic nitrogens is 1. The van der Waals surface area contributed by atoms with Crippen LogP contribution >= 0.6 is 0 Å². The van der Waals surface area contributed by atoms with Crippen LogP contribution in [0.1, 0.15) is 26.0 Å². The number of pyridine rings is 1. The molecule has 13 heavy (non-hydrogen) atoms. The molecule has 1 aromatic rings. The molecule has 0 unspecified atom stereocenters. The highest BCUT2D eigenvalue weighted by atomic mass is 19.3. The van der Waals surface area contributed by atoms with E-state index in [1.165, 1.54) is 12.3 Å². The number of nitrogens with zero attached hydrogens (tertiary/aromatic N) is 1. The van der Waals surface area contributed by atoms with Gasteiger partial charge in [-0.3, -0.25) is 4.98 Å². The van der Waals surface area contributed by atoms with Crippen LogP contribution in [0, 0.1) is 5.92 Å². The molecule has 0 aliphatic rings. The van der Waals surface area contributed by atoms with Gasteiger partial charge in [0.05, 0.1) is 0 Å². The largest absolute Gasteiger partial charge is 0.289 e. The van der Waals surface area contributed by atoms with Crippen LogP contribution in [0.3, 0.4) is 0 Å². The summed E-state index contributed by atoms with van der Waals surface area (Å²) in [6, 6.07) is 4.58. The first-order valence-corrected chi connectivity index (χ1v) is 4.31. The number of alkyl halides is 2. The molecular weight excluding hydrogens is 172 g/mol. The summed E-state index contributed by atoms with van der Waals surface area (Å²) in [5.74, 6) is -2.83. The highest BCUT2D eigenvalue weighted by Crippen LogP contribution is 2.32. The molecule has 0 saturated heterocycles. The molecule has 0 N–H and O–H groups in total. The van der Waals surface area contributed by atoms with Gasteiger partial charge in [-0.1, -0.05) is 19.9 Å². The molecule has 0 bridgehead atoms. The fourth-order valence-electron chi connectivity index (χ4n) is 1.20. The summed E-state index contributed by atoms with van der Waals surface area (Å²) in [7, 11) is 0. The first-order valence-electron chi connectivity index (χ1n) is 4.31. The SMILES string of the molecule is CC(C)CC(F)(F)c1ccccn1. The molecule has 0 radical (unpaired) electrons. The molecule has 3 heteroatoms. The summed E-state index contributed by atoms with van der Waals surface area (Å²) < 4.78 is 26.7. The van der Waals surface area contributed by atoms with E-state index in [1.807, 2.05) is 0 Å². The van der Waals surface area contributed by atoms with E-state index < -0.39 is 5.92 Å². The number of hydrogen-bond acceptors (Lipinski definition) is 1. The lowest BCUT2D eigenvalue weighted by Gasteiger charge is -2.17. The minimum absolute atomic E-state index is 0.0305. The van der Waals surface area contributed by atoms with Crippen LogP contribution in [0.4, 0.5) is 8.78 Å². The number of halogens is 2. The van der Waals surface area contributed by atoms with Gasteiger partial charge in [-0.15, -0.1) is 0 Å². The Balaban J connectivity index is 2.81. The predicted octanol–water partition coefficient (Wildman–Crippen LogP) is 3.22. The first kappa shape index (κ1) is 10.1. The molecule has 1 heterocycles. The zero-order valence-electron chi connectivity index (χ0n) is 7.80. The molecule has 0 fully saturated rings. The van der Waals surface area contributed by atoms with Crippen molar-refractivity contribution in [3.8, 4) is 0 Å². The lowest BCUT2D eigenvalue weighted by atomic mass is 10.0. The third-order valence-corrected chi connectivity index (χ3v) is 1.70. The first-order chi connectivity index (χ1) is 6.02. The second-order valence-electron chi connectivity index (χ2n) is 3.52. The van der Waals surface area contributed by atoms with Crippen molar-refractivity contribution in [1.29, 1.82) is 0 Å². The Morgan fingerprint density at radius 3 is 2.54 bits per heavy atom. The van der Waals surface area contributed by atoms with Crippen molar-refractivity contribution < 1.29 is 8.78 Å². The Labute approximate surface area is 76.8 Å². The van der Waals surface area contributed by atoms with E-state index in [1.54, 1.807) is 26.0 Å². The van der Waals surface area contributed by atoms with E-state index in [2.05, 4.69) is 4.98 Å². The summed E-state index contributed by atoms with van der Waals surface area (Å²) in [4.78, 5) is 3.65. The summed E-state index contributed by atoms with van der Waals surface area (Å²) >= 11 is 0. The fourth-order valence-corrected chi connectivity index (χ4v) is 1.20. The maximum atomic E-state index is 13.3. The van der Waals surface area contributed by atoms with Crippen molar-refractivity contribution in [2.75, 3.05) is 0 Å². The topological polar surface area (TPSA) is 12.9 Å². The summed E-state index contributed by atoms with van der Waals surface area (Å²) in [5, 5.41) is 0. The van der Waals surface area contributed by atoms with E-state index in [4.69, 9.17) is 0 Å². The Morgan fingerprint density at radius 2 is 2.08 bits per heavy atom. The van der Waals surface area contributed by atoms with Crippen LogP contribution in [0.2, 0.25) is 0 Å². The molecule has 0 aliphatic carbocycles. The van der Waals surface area contributed by atoms with Gasteiger partial charge in [0.25, 0.3) is 5.92 Å². The molecule has 0 aromatic carbocycles. The average Bonchev–Trinajstić information content (AvgIpc) is 2.04. The van der Waals surface area contributed by atoms with E-state index in [0.29, 0.717) is 0 Å². The van der Waals surface area contributed by atoms with Gasteiger partial charge >= 0.3 is 0 Å². The molecule has 0 saturated carbocycles. The van der Waals surface area contributed by atoms with Crippen LogP contribution < -0.4 is 0 Å². The van der Waals surface area contributed by atoms with Crippen molar-refractivity contribution in [3.05, 3.63) is 30.1 Å². The third kappa shape index (κ3) is 2.76. The lowest BCUT2D eigenvalue weighted by molar-refractivity contribution is -0.0291. The monoisotopic (exact) mass is 185 g/mol. The van der Waals surface area contributed by atoms with Crippen molar-refractivity contribution >= 4 is 0 Å². The van der Waals surface area contributed by atoms with E-state index in [9.17, 15) is 8.78 Å². The van der Waals surface area contributed by atoms with Crippen LogP contribution in [-0.2, 0) is 5.92 Å². The van der Waals surface area contributed by atoms with Crippen molar-refractivity contribution in [3.63, 3.8) is 0 Å². The van der Waals surface area contributed by atoms with Gasteiger partial charge in [0.1, 0.15) is 5.69 Å². The predicted molar refractivity (Wildman–Crippen MR) is 47.6 cm³/mol. The normalized spacial score (nSPS) is 12.1. The van der Waals surface area contributed by atoms with Crippen LogP contribution in [-0.4, -0.2) is 4.98 Å². The van der Waals surface area contributed by atoms with E-state index >= 15 is 0 Å². The maximum Gasteiger partial charge on any atom is 0.289 e.